The summed E-state index contributed by atoms with van der Waals surface area (Å²) in [6.45, 7) is 0.157. The highest BCUT2D eigenvalue weighted by molar-refractivity contribution is 5.22. The van der Waals surface area contributed by atoms with E-state index < -0.39 is 11.6 Å². The van der Waals surface area contributed by atoms with Gasteiger partial charge in [-0.25, -0.2) is 8.78 Å². The zero-order chi connectivity index (χ0) is 13.0. The lowest BCUT2D eigenvalue weighted by atomic mass is 10.2. The zero-order valence-corrected chi connectivity index (χ0v) is 9.57. The van der Waals surface area contributed by atoms with Gasteiger partial charge in [0.05, 0.1) is 17.5 Å². The first-order chi connectivity index (χ1) is 8.70. The Morgan fingerprint density at radius 2 is 1.83 bits per heavy atom. The Kier molecular flexibility index (Phi) is 3.84. The van der Waals surface area contributed by atoms with Crippen LogP contribution in [0.2, 0.25) is 0 Å². The fraction of sp³-hybridized carbons (Fsp3) is 0.154. The molecule has 94 valence electrons. The van der Waals surface area contributed by atoms with Crippen LogP contribution in [0.15, 0.2) is 36.5 Å². The van der Waals surface area contributed by atoms with Crippen molar-refractivity contribution in [1.29, 1.82) is 0 Å². The van der Waals surface area contributed by atoms with E-state index in [9.17, 15) is 8.78 Å². The van der Waals surface area contributed by atoms with Gasteiger partial charge in [0.25, 0.3) is 0 Å². The van der Waals surface area contributed by atoms with Gasteiger partial charge in [0.1, 0.15) is 24.0 Å². The number of halogens is 2. The van der Waals surface area contributed by atoms with Gasteiger partial charge in [0.15, 0.2) is 0 Å². The van der Waals surface area contributed by atoms with Gasteiger partial charge in [-0.1, -0.05) is 6.07 Å². The largest absolute Gasteiger partial charge is 0.487 e. The van der Waals surface area contributed by atoms with Gasteiger partial charge >= 0.3 is 0 Å². The summed E-state index contributed by atoms with van der Waals surface area (Å²) >= 11 is 0. The fourth-order valence-corrected chi connectivity index (χ4v) is 1.44. The molecule has 0 fully saturated rings. The number of aromatic nitrogens is 1. The van der Waals surface area contributed by atoms with Crippen LogP contribution < -0.4 is 10.5 Å². The summed E-state index contributed by atoms with van der Waals surface area (Å²) in [6, 6.07) is 7.06. The molecular weight excluding hydrogens is 238 g/mol. The van der Waals surface area contributed by atoms with Crippen LogP contribution in [-0.4, -0.2) is 4.98 Å². The van der Waals surface area contributed by atoms with Crippen LogP contribution in [-0.2, 0) is 13.2 Å². The highest BCUT2D eigenvalue weighted by Gasteiger charge is 2.08. The molecule has 0 aliphatic heterocycles. The number of pyridine rings is 1. The Labute approximate surface area is 103 Å². The lowest BCUT2D eigenvalue weighted by Gasteiger charge is -2.08. The van der Waals surface area contributed by atoms with Crippen molar-refractivity contribution in [1.82, 2.24) is 4.98 Å². The molecule has 1 heterocycles. The third kappa shape index (κ3) is 2.81. The SMILES string of the molecule is NCc1ccc(OCc2c(F)cccc2F)cn1. The van der Waals surface area contributed by atoms with E-state index >= 15 is 0 Å². The molecule has 0 amide bonds. The molecule has 0 bridgehead atoms. The third-order valence-electron chi connectivity index (χ3n) is 2.45. The minimum absolute atomic E-state index is 0.0969. The minimum atomic E-state index is -0.624. The van der Waals surface area contributed by atoms with Gasteiger partial charge in [-0.15, -0.1) is 0 Å². The Bertz CT molecular complexity index is 509. The average molecular weight is 250 g/mol. The lowest BCUT2D eigenvalue weighted by Crippen LogP contribution is -2.03. The maximum atomic E-state index is 13.3. The lowest BCUT2D eigenvalue weighted by molar-refractivity contribution is 0.291. The topological polar surface area (TPSA) is 48.1 Å². The molecule has 0 aliphatic carbocycles. The molecule has 2 N–H and O–H groups in total. The van der Waals surface area contributed by atoms with Crippen LogP contribution in [0.25, 0.3) is 0 Å². The fourth-order valence-electron chi connectivity index (χ4n) is 1.44. The van der Waals surface area contributed by atoms with Crippen molar-refractivity contribution in [3.8, 4) is 5.75 Å². The summed E-state index contributed by atoms with van der Waals surface area (Å²) in [7, 11) is 0. The maximum absolute atomic E-state index is 13.3. The number of hydrogen-bond donors (Lipinski definition) is 1. The molecule has 0 saturated heterocycles. The van der Waals surface area contributed by atoms with Gasteiger partial charge in [-0.3, -0.25) is 4.98 Å². The van der Waals surface area contributed by atoms with E-state index in [-0.39, 0.29) is 12.2 Å². The van der Waals surface area contributed by atoms with Crippen LogP contribution in [0.4, 0.5) is 8.78 Å². The second-order valence-electron chi connectivity index (χ2n) is 3.68. The average Bonchev–Trinajstić information content (AvgIpc) is 2.39. The van der Waals surface area contributed by atoms with Crippen molar-refractivity contribution < 1.29 is 13.5 Å². The minimum Gasteiger partial charge on any atom is -0.487 e. The summed E-state index contributed by atoms with van der Waals surface area (Å²) in [5.74, 6) is -0.807. The Balaban J connectivity index is 2.06. The van der Waals surface area contributed by atoms with E-state index in [1.54, 1.807) is 12.1 Å². The van der Waals surface area contributed by atoms with E-state index in [1.165, 1.54) is 24.4 Å². The number of nitrogens with zero attached hydrogens (tertiary/aromatic N) is 1. The highest BCUT2D eigenvalue weighted by Crippen LogP contribution is 2.16. The normalized spacial score (nSPS) is 10.4. The molecule has 2 rings (SSSR count). The van der Waals surface area contributed by atoms with Crippen molar-refractivity contribution in [2.75, 3.05) is 0 Å². The summed E-state index contributed by atoms with van der Waals surface area (Å²) in [4.78, 5) is 4.02. The zero-order valence-electron chi connectivity index (χ0n) is 9.57. The molecule has 0 unspecified atom stereocenters. The molecule has 3 nitrogen and oxygen atoms in total. The Morgan fingerprint density at radius 1 is 1.11 bits per heavy atom. The molecule has 1 aromatic heterocycles. The predicted molar refractivity (Wildman–Crippen MR) is 62.8 cm³/mol. The number of nitrogens with two attached hydrogens (primary N) is 1. The van der Waals surface area contributed by atoms with Crippen LogP contribution in [0.3, 0.4) is 0 Å². The molecule has 0 spiro atoms. The van der Waals surface area contributed by atoms with E-state index in [2.05, 4.69) is 4.98 Å². The molecule has 1 aromatic carbocycles. The van der Waals surface area contributed by atoms with Gasteiger partial charge in [-0.2, -0.15) is 0 Å². The Morgan fingerprint density at radius 3 is 2.39 bits per heavy atom. The van der Waals surface area contributed by atoms with Gasteiger partial charge in [-0.05, 0) is 24.3 Å². The van der Waals surface area contributed by atoms with Gasteiger partial charge in [0.2, 0.25) is 0 Å². The monoisotopic (exact) mass is 250 g/mol. The number of hydrogen-bond acceptors (Lipinski definition) is 3. The molecule has 0 radical (unpaired) electrons. The first kappa shape index (κ1) is 12.4. The van der Waals surface area contributed by atoms with E-state index in [0.29, 0.717) is 12.3 Å². The molecule has 0 aliphatic rings. The number of rotatable bonds is 4. The molecule has 0 saturated carbocycles. The smallest absolute Gasteiger partial charge is 0.138 e. The number of benzene rings is 1. The van der Waals surface area contributed by atoms with Crippen LogP contribution in [0.1, 0.15) is 11.3 Å². The van der Waals surface area contributed by atoms with Gasteiger partial charge < -0.3 is 10.5 Å². The summed E-state index contributed by atoms with van der Waals surface area (Å²) < 4.78 is 31.9. The van der Waals surface area contributed by atoms with E-state index in [0.717, 1.165) is 5.69 Å². The quantitative estimate of drug-likeness (QED) is 0.906. The molecule has 18 heavy (non-hydrogen) atoms. The first-order valence-electron chi connectivity index (χ1n) is 5.41. The van der Waals surface area contributed by atoms with Crippen molar-refractivity contribution in [2.45, 2.75) is 13.2 Å². The standard InChI is InChI=1S/C13H12F2N2O/c14-12-2-1-3-13(15)11(12)8-18-10-5-4-9(6-16)17-7-10/h1-5,7H,6,8,16H2. The molecule has 5 heteroatoms. The van der Waals surface area contributed by atoms with Crippen LogP contribution in [0, 0.1) is 11.6 Å². The second kappa shape index (κ2) is 5.55. The molecule has 0 atom stereocenters. The molecule has 2 aromatic rings. The van der Waals surface area contributed by atoms with Crippen molar-refractivity contribution in [2.24, 2.45) is 5.73 Å². The summed E-state index contributed by atoms with van der Waals surface area (Å²) in [5, 5.41) is 0. The predicted octanol–water partition coefficient (Wildman–Crippen LogP) is 2.40. The van der Waals surface area contributed by atoms with E-state index in [4.69, 9.17) is 10.5 Å². The third-order valence-corrected chi connectivity index (χ3v) is 2.45. The first-order valence-corrected chi connectivity index (χ1v) is 5.41. The maximum Gasteiger partial charge on any atom is 0.138 e. The van der Waals surface area contributed by atoms with E-state index in [1.807, 2.05) is 0 Å². The summed E-state index contributed by atoms with van der Waals surface area (Å²) in [6.07, 6.45) is 1.47. The number of ether oxygens (including phenoxy) is 1. The van der Waals surface area contributed by atoms with Crippen molar-refractivity contribution in [3.63, 3.8) is 0 Å². The second-order valence-corrected chi connectivity index (χ2v) is 3.68. The molecular formula is C13H12F2N2O. The van der Waals surface area contributed by atoms with Gasteiger partial charge in [0, 0.05) is 6.54 Å². The Hall–Kier alpha value is -2.01. The van der Waals surface area contributed by atoms with Crippen LogP contribution in [0.5, 0.6) is 5.75 Å². The van der Waals surface area contributed by atoms with Crippen LogP contribution >= 0.6 is 0 Å². The van der Waals surface area contributed by atoms with Crippen molar-refractivity contribution in [3.05, 3.63) is 59.4 Å². The van der Waals surface area contributed by atoms with Crippen molar-refractivity contribution >= 4 is 0 Å². The summed E-state index contributed by atoms with van der Waals surface area (Å²) in [5.41, 5.74) is 6.03. The highest BCUT2D eigenvalue weighted by atomic mass is 19.1.